The van der Waals surface area contributed by atoms with Crippen LogP contribution in [-0.2, 0) is 9.59 Å². The van der Waals surface area contributed by atoms with Crippen molar-refractivity contribution in [2.75, 3.05) is 118 Å². The molecule has 0 aromatic carbocycles. The lowest BCUT2D eigenvalue weighted by Gasteiger charge is -2.24. The molecule has 0 spiro atoms. The largest absolute Gasteiger partial charge is 0.355 e. The summed E-state index contributed by atoms with van der Waals surface area (Å²) < 4.78 is 0. The summed E-state index contributed by atoms with van der Waals surface area (Å²) in [5, 5.41) is 20.0. The number of hydrogen-bond donors (Lipinski definition) is 10. The van der Waals surface area contributed by atoms with Crippen LogP contribution < -0.4 is 54.8 Å². The van der Waals surface area contributed by atoms with Gasteiger partial charge in [-0.15, -0.1) is 0 Å². The maximum absolute atomic E-state index is 13.1. The molecular weight excluding hydrogens is 705 g/mol. The highest BCUT2D eigenvalue weighted by Gasteiger charge is 2.18. The Hall–Kier alpha value is -1.98. The third-order valence-electron chi connectivity index (χ3n) is 9.62. The van der Waals surface area contributed by atoms with Crippen LogP contribution in [0.3, 0.4) is 0 Å². The van der Waals surface area contributed by atoms with E-state index in [4.69, 9.17) is 22.9 Å². The summed E-state index contributed by atoms with van der Waals surface area (Å²) in [6.07, 6.45) is 22.2. The predicted octanol–water partition coefficient (Wildman–Crippen LogP) is 1.37. The summed E-state index contributed by atoms with van der Waals surface area (Å²) >= 11 is 0. The van der Waals surface area contributed by atoms with Crippen molar-refractivity contribution in [3.05, 3.63) is 24.3 Å². The molecule has 56 heavy (non-hydrogen) atoms. The molecule has 2 atom stereocenters. The van der Waals surface area contributed by atoms with Crippen LogP contribution in [0.1, 0.15) is 104 Å². The molecule has 2 amide bonds. The number of rotatable bonds is 43. The Morgan fingerprint density at radius 2 is 0.821 bits per heavy atom. The molecule has 0 saturated carbocycles. The minimum Gasteiger partial charge on any atom is -0.355 e. The van der Waals surface area contributed by atoms with Crippen molar-refractivity contribution >= 4 is 11.8 Å². The number of nitrogens with one attached hydrogen (secondary N) is 6. The molecule has 14 N–H and O–H groups in total. The standard InChI is InChI=1S/C42H90N12O2/c1-3-5-7-33-53(37-17-31-51-41(55)39(49-29-15-23-45)19-11-25-47-27-13-21-43)35-9-10-36-54(34-8-6-4-2)38-18-32-52-42(56)40(50-30-16-24-46)20-12-26-48-28-14-22-44/h5-8,39-40,47-50H,3-4,9-38,43-46H2,1-2H3,(H,51,55)(H,52,56). The topological polar surface area (TPSA) is 217 Å². The Morgan fingerprint density at radius 3 is 1.20 bits per heavy atom. The molecule has 14 nitrogen and oxygen atoms in total. The van der Waals surface area contributed by atoms with Crippen LogP contribution in [-0.4, -0.2) is 152 Å². The van der Waals surface area contributed by atoms with Gasteiger partial charge in [-0.2, -0.15) is 0 Å². The fourth-order valence-electron chi connectivity index (χ4n) is 6.29. The number of hydrogen-bond acceptors (Lipinski definition) is 12. The molecule has 0 heterocycles. The lowest BCUT2D eigenvalue weighted by molar-refractivity contribution is -0.124. The fraction of sp³-hybridized carbons (Fsp3) is 0.857. The molecule has 0 radical (unpaired) electrons. The van der Waals surface area contributed by atoms with Gasteiger partial charge in [-0.25, -0.2) is 0 Å². The van der Waals surface area contributed by atoms with E-state index in [0.29, 0.717) is 39.3 Å². The Kier molecular flexibility index (Phi) is 41.1. The van der Waals surface area contributed by atoms with Crippen LogP contribution in [0.25, 0.3) is 0 Å². The van der Waals surface area contributed by atoms with Crippen LogP contribution >= 0.6 is 0 Å². The average Bonchev–Trinajstić information content (AvgIpc) is 3.20. The zero-order chi connectivity index (χ0) is 41.2. The van der Waals surface area contributed by atoms with E-state index in [0.717, 1.165) is 168 Å². The molecule has 0 saturated heterocycles. The molecule has 0 aromatic heterocycles. The van der Waals surface area contributed by atoms with E-state index in [9.17, 15) is 9.59 Å². The number of carbonyl (C=O) groups is 2. The molecule has 0 aromatic rings. The summed E-state index contributed by atoms with van der Waals surface area (Å²) in [6.45, 7) is 19.2. The predicted molar refractivity (Wildman–Crippen MR) is 239 cm³/mol. The molecule has 0 rings (SSSR count). The van der Waals surface area contributed by atoms with Gasteiger partial charge in [0.1, 0.15) is 0 Å². The van der Waals surface area contributed by atoms with E-state index in [1.54, 1.807) is 0 Å². The van der Waals surface area contributed by atoms with Crippen molar-refractivity contribution in [2.24, 2.45) is 22.9 Å². The molecular formula is C42H90N12O2. The van der Waals surface area contributed by atoms with Gasteiger partial charge in [-0.1, -0.05) is 38.2 Å². The Morgan fingerprint density at radius 1 is 0.464 bits per heavy atom. The van der Waals surface area contributed by atoms with Gasteiger partial charge in [-0.05, 0) is 168 Å². The molecule has 0 bridgehead atoms. The van der Waals surface area contributed by atoms with Crippen LogP contribution in [0.4, 0.5) is 0 Å². The summed E-state index contributed by atoms with van der Waals surface area (Å²) in [5.41, 5.74) is 22.6. The van der Waals surface area contributed by atoms with Crippen LogP contribution in [0.2, 0.25) is 0 Å². The van der Waals surface area contributed by atoms with Crippen LogP contribution in [0.5, 0.6) is 0 Å². The molecule has 0 aliphatic carbocycles. The third kappa shape index (κ3) is 34.1. The van der Waals surface area contributed by atoms with Crippen molar-refractivity contribution in [3.8, 4) is 0 Å². The van der Waals surface area contributed by atoms with Gasteiger partial charge in [0.15, 0.2) is 0 Å². The third-order valence-corrected chi connectivity index (χ3v) is 9.62. The summed E-state index contributed by atoms with van der Waals surface area (Å²) in [5.74, 6) is 0.166. The number of carbonyl (C=O) groups excluding carboxylic acids is 2. The quantitative estimate of drug-likeness (QED) is 0.0313. The second kappa shape index (κ2) is 42.6. The molecule has 0 aliphatic heterocycles. The summed E-state index contributed by atoms with van der Waals surface area (Å²) in [7, 11) is 0. The fourth-order valence-corrected chi connectivity index (χ4v) is 6.29. The number of nitrogens with zero attached hydrogens (tertiary/aromatic N) is 2. The molecule has 0 aliphatic rings. The van der Waals surface area contributed by atoms with E-state index in [1.165, 1.54) is 0 Å². The van der Waals surface area contributed by atoms with Gasteiger partial charge in [0.2, 0.25) is 11.8 Å². The SMILES string of the molecule is CCC=CCN(CCCCN(CC=CCC)CCCNC(=O)C(CCCNCCCN)NCCCN)CCCNC(=O)C(CCCNCCCN)NCCCN. The minimum atomic E-state index is -0.197. The van der Waals surface area contributed by atoms with Gasteiger partial charge in [0.05, 0.1) is 12.1 Å². The highest BCUT2D eigenvalue weighted by atomic mass is 16.2. The van der Waals surface area contributed by atoms with Crippen molar-refractivity contribution in [2.45, 2.75) is 116 Å². The number of allylic oxidation sites excluding steroid dienone is 2. The van der Waals surface area contributed by atoms with Gasteiger partial charge in [-0.3, -0.25) is 19.4 Å². The molecule has 0 fully saturated rings. The first-order valence-corrected chi connectivity index (χ1v) is 22.5. The van der Waals surface area contributed by atoms with E-state index in [1.807, 2.05) is 0 Å². The van der Waals surface area contributed by atoms with E-state index in [2.05, 4.69) is 79.9 Å². The van der Waals surface area contributed by atoms with Gasteiger partial charge >= 0.3 is 0 Å². The average molecular weight is 795 g/mol. The lowest BCUT2D eigenvalue weighted by atomic mass is 10.1. The molecule has 14 heteroatoms. The number of nitrogens with two attached hydrogens (primary N) is 4. The van der Waals surface area contributed by atoms with Crippen LogP contribution in [0.15, 0.2) is 24.3 Å². The first kappa shape index (κ1) is 54.0. The molecule has 2 unspecified atom stereocenters. The highest BCUT2D eigenvalue weighted by Crippen LogP contribution is 2.04. The lowest BCUT2D eigenvalue weighted by Crippen LogP contribution is -2.45. The maximum atomic E-state index is 13.1. The van der Waals surface area contributed by atoms with Gasteiger partial charge in [0, 0.05) is 39.3 Å². The van der Waals surface area contributed by atoms with Crippen LogP contribution in [0, 0.1) is 0 Å². The van der Waals surface area contributed by atoms with E-state index in [-0.39, 0.29) is 23.9 Å². The Bertz CT molecular complexity index is 854. The Labute approximate surface area is 343 Å². The number of unbranched alkanes of at least 4 members (excludes halogenated alkanes) is 1. The highest BCUT2D eigenvalue weighted by molar-refractivity contribution is 5.82. The smallest absolute Gasteiger partial charge is 0.237 e. The second-order valence-corrected chi connectivity index (χ2v) is 14.7. The van der Waals surface area contributed by atoms with Crippen molar-refractivity contribution < 1.29 is 9.59 Å². The zero-order valence-electron chi connectivity index (χ0n) is 36.1. The van der Waals surface area contributed by atoms with E-state index < -0.39 is 0 Å². The van der Waals surface area contributed by atoms with E-state index >= 15 is 0 Å². The van der Waals surface area contributed by atoms with Gasteiger partial charge < -0.3 is 54.8 Å². The van der Waals surface area contributed by atoms with Gasteiger partial charge in [0.25, 0.3) is 0 Å². The molecule has 330 valence electrons. The summed E-state index contributed by atoms with van der Waals surface area (Å²) in [6, 6.07) is -0.393. The zero-order valence-corrected chi connectivity index (χ0v) is 36.1. The van der Waals surface area contributed by atoms with Crippen molar-refractivity contribution in [1.29, 1.82) is 0 Å². The first-order chi connectivity index (χ1) is 27.5. The normalized spacial score (nSPS) is 13.1. The van der Waals surface area contributed by atoms with Crippen molar-refractivity contribution in [3.63, 3.8) is 0 Å². The number of amides is 2. The second-order valence-electron chi connectivity index (χ2n) is 14.7. The summed E-state index contributed by atoms with van der Waals surface area (Å²) in [4.78, 5) is 31.2. The maximum Gasteiger partial charge on any atom is 0.237 e. The minimum absolute atomic E-state index is 0.0828. The first-order valence-electron chi connectivity index (χ1n) is 22.5. The Balaban J connectivity index is 4.86. The van der Waals surface area contributed by atoms with Crippen molar-refractivity contribution in [1.82, 2.24) is 41.7 Å². The monoisotopic (exact) mass is 795 g/mol.